The molecule has 0 aliphatic heterocycles. The summed E-state index contributed by atoms with van der Waals surface area (Å²) in [4.78, 5) is 0. The molecule has 1 heterocycles. The zero-order chi connectivity index (χ0) is 14.7. The number of hydrogen-bond donors (Lipinski definition) is 1. The molecule has 0 unspecified atom stereocenters. The molecule has 3 rings (SSSR count). The molecule has 5 heteroatoms. The second-order valence-corrected chi connectivity index (χ2v) is 4.65. The molecule has 1 aromatic heterocycles. The number of rotatable bonds is 4. The maximum Gasteiger partial charge on any atom is 0.247 e. The van der Waals surface area contributed by atoms with Gasteiger partial charge in [0.1, 0.15) is 5.75 Å². The first-order valence-corrected chi connectivity index (χ1v) is 6.56. The number of hydrogen-bond acceptors (Lipinski definition) is 5. The number of nitrogens with two attached hydrogens (primary N) is 1. The average molecular weight is 281 g/mol. The van der Waals surface area contributed by atoms with Crippen LogP contribution in [-0.4, -0.2) is 17.3 Å². The number of aromatic nitrogens is 2. The maximum atomic E-state index is 5.68. The van der Waals surface area contributed by atoms with Crippen LogP contribution < -0.4 is 10.5 Å². The van der Waals surface area contributed by atoms with Crippen LogP contribution in [0.5, 0.6) is 5.75 Å². The van der Waals surface area contributed by atoms with Crippen LogP contribution in [0.25, 0.3) is 11.5 Å². The molecule has 0 saturated carbocycles. The number of nitrogen functional groups attached to an aromatic ring is 1. The third-order valence-electron chi connectivity index (χ3n) is 3.14. The summed E-state index contributed by atoms with van der Waals surface area (Å²) in [7, 11) is 1.63. The molecule has 5 nitrogen and oxygen atoms in total. The average Bonchev–Trinajstić information content (AvgIpc) is 2.98. The molecule has 0 radical (unpaired) electrons. The van der Waals surface area contributed by atoms with Gasteiger partial charge < -0.3 is 14.9 Å². The molecule has 0 atom stereocenters. The van der Waals surface area contributed by atoms with Crippen molar-refractivity contribution >= 4 is 5.69 Å². The van der Waals surface area contributed by atoms with E-state index in [-0.39, 0.29) is 0 Å². The van der Waals surface area contributed by atoms with Crippen molar-refractivity contribution in [1.29, 1.82) is 0 Å². The first-order valence-electron chi connectivity index (χ1n) is 6.56. The van der Waals surface area contributed by atoms with Gasteiger partial charge in [-0.05, 0) is 42.0 Å². The molecular weight excluding hydrogens is 266 g/mol. The summed E-state index contributed by atoms with van der Waals surface area (Å²) in [5.41, 5.74) is 8.35. The zero-order valence-corrected chi connectivity index (χ0v) is 11.6. The molecule has 2 N–H and O–H groups in total. The van der Waals surface area contributed by atoms with Gasteiger partial charge in [0.2, 0.25) is 11.8 Å². The zero-order valence-electron chi connectivity index (χ0n) is 11.6. The lowest BCUT2D eigenvalue weighted by molar-refractivity contribution is 0.415. The Morgan fingerprint density at radius 2 is 1.71 bits per heavy atom. The van der Waals surface area contributed by atoms with Gasteiger partial charge in [0.15, 0.2) is 0 Å². The van der Waals surface area contributed by atoms with Crippen LogP contribution >= 0.6 is 0 Å². The third kappa shape index (κ3) is 3.02. The van der Waals surface area contributed by atoms with Gasteiger partial charge in [-0.3, -0.25) is 0 Å². The highest BCUT2D eigenvalue weighted by atomic mass is 16.5. The first-order chi connectivity index (χ1) is 10.2. The molecule has 21 heavy (non-hydrogen) atoms. The van der Waals surface area contributed by atoms with E-state index in [4.69, 9.17) is 14.9 Å². The molecule has 0 amide bonds. The summed E-state index contributed by atoms with van der Waals surface area (Å²) < 4.78 is 10.8. The Hall–Kier alpha value is -2.82. The van der Waals surface area contributed by atoms with Crippen molar-refractivity contribution in [2.45, 2.75) is 6.42 Å². The molecular formula is C16H15N3O2. The smallest absolute Gasteiger partial charge is 0.247 e. The number of benzene rings is 2. The van der Waals surface area contributed by atoms with E-state index in [1.165, 1.54) is 0 Å². The quantitative estimate of drug-likeness (QED) is 0.744. The second-order valence-electron chi connectivity index (χ2n) is 4.65. The van der Waals surface area contributed by atoms with E-state index in [0.29, 0.717) is 18.2 Å². The van der Waals surface area contributed by atoms with Crippen molar-refractivity contribution < 1.29 is 9.15 Å². The molecule has 0 saturated heterocycles. The Balaban J connectivity index is 1.77. The molecule has 0 aliphatic carbocycles. The Bertz CT molecular complexity index is 718. The lowest BCUT2D eigenvalue weighted by Gasteiger charge is -1.99. The van der Waals surface area contributed by atoms with Gasteiger partial charge in [0.25, 0.3) is 0 Å². The molecule has 0 fully saturated rings. The summed E-state index contributed by atoms with van der Waals surface area (Å²) in [6.07, 6.45) is 0.587. The number of anilines is 1. The Kier molecular flexibility index (Phi) is 3.55. The lowest BCUT2D eigenvalue weighted by Crippen LogP contribution is -1.90. The van der Waals surface area contributed by atoms with Crippen LogP contribution in [0.2, 0.25) is 0 Å². The standard InChI is InChI=1S/C16H15N3O2/c1-20-14-8-4-12(5-9-14)16-19-18-15(21-16)10-11-2-6-13(17)7-3-11/h2-9H,10,17H2,1H3. The van der Waals surface area contributed by atoms with Crippen molar-refractivity contribution in [3.05, 3.63) is 60.0 Å². The van der Waals surface area contributed by atoms with Crippen LogP contribution in [0.4, 0.5) is 5.69 Å². The Morgan fingerprint density at radius 3 is 2.38 bits per heavy atom. The van der Waals surface area contributed by atoms with Crippen molar-refractivity contribution in [3.63, 3.8) is 0 Å². The van der Waals surface area contributed by atoms with Gasteiger partial charge in [-0.2, -0.15) is 0 Å². The largest absolute Gasteiger partial charge is 0.497 e. The summed E-state index contributed by atoms with van der Waals surface area (Å²) in [6, 6.07) is 15.1. The lowest BCUT2D eigenvalue weighted by atomic mass is 10.1. The minimum absolute atomic E-state index is 0.503. The van der Waals surface area contributed by atoms with E-state index >= 15 is 0 Å². The predicted molar refractivity (Wildman–Crippen MR) is 79.9 cm³/mol. The van der Waals surface area contributed by atoms with Crippen LogP contribution in [0.1, 0.15) is 11.5 Å². The third-order valence-corrected chi connectivity index (χ3v) is 3.14. The highest BCUT2D eigenvalue weighted by Crippen LogP contribution is 2.22. The van der Waals surface area contributed by atoms with E-state index in [0.717, 1.165) is 22.6 Å². The molecule has 2 aromatic carbocycles. The van der Waals surface area contributed by atoms with Gasteiger partial charge in [-0.1, -0.05) is 12.1 Å². The van der Waals surface area contributed by atoms with E-state index in [1.807, 2.05) is 48.5 Å². The van der Waals surface area contributed by atoms with Crippen LogP contribution in [-0.2, 0) is 6.42 Å². The minimum Gasteiger partial charge on any atom is -0.497 e. The van der Waals surface area contributed by atoms with E-state index in [1.54, 1.807) is 7.11 Å². The van der Waals surface area contributed by atoms with Gasteiger partial charge >= 0.3 is 0 Å². The maximum absolute atomic E-state index is 5.68. The summed E-state index contributed by atoms with van der Waals surface area (Å²) >= 11 is 0. The van der Waals surface area contributed by atoms with E-state index < -0.39 is 0 Å². The Labute approximate surface area is 122 Å². The van der Waals surface area contributed by atoms with Gasteiger partial charge in [0, 0.05) is 11.3 Å². The highest BCUT2D eigenvalue weighted by Gasteiger charge is 2.09. The van der Waals surface area contributed by atoms with Gasteiger partial charge in [0.05, 0.1) is 13.5 Å². The molecule has 106 valence electrons. The van der Waals surface area contributed by atoms with Crippen molar-refractivity contribution in [1.82, 2.24) is 10.2 Å². The minimum atomic E-state index is 0.503. The topological polar surface area (TPSA) is 74.2 Å². The molecule has 3 aromatic rings. The fraction of sp³-hybridized carbons (Fsp3) is 0.125. The monoisotopic (exact) mass is 281 g/mol. The van der Waals surface area contributed by atoms with Gasteiger partial charge in [-0.25, -0.2) is 0 Å². The highest BCUT2D eigenvalue weighted by molar-refractivity contribution is 5.54. The van der Waals surface area contributed by atoms with Gasteiger partial charge in [-0.15, -0.1) is 10.2 Å². The fourth-order valence-corrected chi connectivity index (χ4v) is 1.99. The summed E-state index contributed by atoms with van der Waals surface area (Å²) in [5.74, 6) is 1.87. The molecule has 0 bridgehead atoms. The van der Waals surface area contributed by atoms with Crippen LogP contribution in [0, 0.1) is 0 Å². The van der Waals surface area contributed by atoms with Crippen LogP contribution in [0.3, 0.4) is 0 Å². The van der Waals surface area contributed by atoms with Crippen LogP contribution in [0.15, 0.2) is 52.9 Å². The molecule has 0 aliphatic rings. The fourth-order valence-electron chi connectivity index (χ4n) is 1.99. The van der Waals surface area contributed by atoms with E-state index in [9.17, 15) is 0 Å². The number of ether oxygens (including phenoxy) is 1. The predicted octanol–water partition coefficient (Wildman–Crippen LogP) is 2.92. The summed E-state index contributed by atoms with van der Waals surface area (Å²) in [6.45, 7) is 0. The summed E-state index contributed by atoms with van der Waals surface area (Å²) in [5, 5.41) is 8.15. The number of methoxy groups -OCH3 is 1. The number of nitrogens with zero attached hydrogens (tertiary/aromatic N) is 2. The molecule has 0 spiro atoms. The van der Waals surface area contributed by atoms with Crippen molar-refractivity contribution in [2.75, 3.05) is 12.8 Å². The SMILES string of the molecule is COc1ccc(-c2nnc(Cc3ccc(N)cc3)o2)cc1. The Morgan fingerprint density at radius 1 is 1.00 bits per heavy atom. The van der Waals surface area contributed by atoms with Crippen molar-refractivity contribution in [3.8, 4) is 17.2 Å². The van der Waals surface area contributed by atoms with Crippen molar-refractivity contribution in [2.24, 2.45) is 0 Å². The normalized spacial score (nSPS) is 10.5. The second kappa shape index (κ2) is 5.66. The van der Waals surface area contributed by atoms with E-state index in [2.05, 4.69) is 10.2 Å². The first kappa shape index (κ1) is 13.2.